The van der Waals surface area contributed by atoms with Gasteiger partial charge >= 0.3 is 0 Å². The summed E-state index contributed by atoms with van der Waals surface area (Å²) in [7, 11) is 0. The minimum absolute atomic E-state index is 0.662. The number of hydrogen-bond acceptors (Lipinski definition) is 2. The summed E-state index contributed by atoms with van der Waals surface area (Å²) in [5, 5.41) is 0. The van der Waals surface area contributed by atoms with Crippen LogP contribution in [0.3, 0.4) is 0 Å². The van der Waals surface area contributed by atoms with Crippen molar-refractivity contribution in [1.29, 1.82) is 0 Å². The van der Waals surface area contributed by atoms with Crippen molar-refractivity contribution in [3.8, 4) is 22.8 Å². The van der Waals surface area contributed by atoms with Crippen molar-refractivity contribution < 1.29 is 4.74 Å². The summed E-state index contributed by atoms with van der Waals surface area (Å²) in [6, 6.07) is 16.7. The van der Waals surface area contributed by atoms with Crippen LogP contribution in [0.15, 0.2) is 48.5 Å². The van der Waals surface area contributed by atoms with Crippen LogP contribution in [0.4, 0.5) is 0 Å². The van der Waals surface area contributed by atoms with Gasteiger partial charge in [0, 0.05) is 11.8 Å². The van der Waals surface area contributed by atoms with Gasteiger partial charge in [-0.05, 0) is 79.6 Å². The van der Waals surface area contributed by atoms with Gasteiger partial charge in [0.25, 0.3) is 0 Å². The lowest BCUT2D eigenvalue weighted by molar-refractivity contribution is 0.460. The second kappa shape index (κ2) is 7.10. The first-order chi connectivity index (χ1) is 12.0. The third kappa shape index (κ3) is 3.58. The number of hydrogen-bond donors (Lipinski definition) is 0. The largest absolute Gasteiger partial charge is 0.439 e. The molecule has 0 radical (unpaired) electrons. The van der Waals surface area contributed by atoms with Gasteiger partial charge in [0.2, 0.25) is 5.88 Å². The summed E-state index contributed by atoms with van der Waals surface area (Å²) in [6.45, 7) is 10.6. The third-order valence-electron chi connectivity index (χ3n) is 4.74. The maximum atomic E-state index is 6.03. The van der Waals surface area contributed by atoms with Crippen LogP contribution < -0.4 is 4.74 Å². The van der Waals surface area contributed by atoms with Crippen LogP contribution in [-0.2, 0) is 6.42 Å². The van der Waals surface area contributed by atoms with Gasteiger partial charge in [-0.3, -0.25) is 0 Å². The van der Waals surface area contributed by atoms with Gasteiger partial charge in [0.05, 0.1) is 0 Å². The molecule has 0 saturated heterocycles. The first-order valence-corrected chi connectivity index (χ1v) is 8.81. The number of ether oxygens (including phenoxy) is 1. The van der Waals surface area contributed by atoms with Crippen LogP contribution >= 0.6 is 0 Å². The molecule has 0 amide bonds. The summed E-state index contributed by atoms with van der Waals surface area (Å²) in [5.74, 6) is 1.49. The fourth-order valence-corrected chi connectivity index (χ4v) is 3.41. The van der Waals surface area contributed by atoms with Crippen molar-refractivity contribution in [3.63, 3.8) is 0 Å². The molecule has 25 heavy (non-hydrogen) atoms. The molecule has 2 heteroatoms. The predicted molar refractivity (Wildman–Crippen MR) is 105 cm³/mol. The Morgan fingerprint density at radius 3 is 2.16 bits per heavy atom. The van der Waals surface area contributed by atoms with E-state index in [1.807, 2.05) is 19.1 Å². The van der Waals surface area contributed by atoms with E-state index >= 15 is 0 Å². The molecule has 3 rings (SSSR count). The topological polar surface area (TPSA) is 22.1 Å². The lowest BCUT2D eigenvalue weighted by atomic mass is 9.96. The van der Waals surface area contributed by atoms with Gasteiger partial charge in [-0.2, -0.15) is 0 Å². The highest BCUT2D eigenvalue weighted by Crippen LogP contribution is 2.31. The molecule has 3 aromatic rings. The second-order valence-corrected chi connectivity index (χ2v) is 6.59. The predicted octanol–water partition coefficient (Wildman–Crippen LogP) is 6.34. The zero-order chi connectivity index (χ0) is 18.0. The molecule has 1 aromatic heterocycles. The van der Waals surface area contributed by atoms with Crippen molar-refractivity contribution in [2.45, 2.75) is 41.0 Å². The Morgan fingerprint density at radius 2 is 1.52 bits per heavy atom. The number of nitrogens with zero attached hydrogens (tertiary/aromatic N) is 1. The average molecular weight is 331 g/mol. The van der Waals surface area contributed by atoms with E-state index in [1.165, 1.54) is 33.4 Å². The normalized spacial score (nSPS) is 10.8. The van der Waals surface area contributed by atoms with Crippen LogP contribution in [0.25, 0.3) is 11.1 Å². The van der Waals surface area contributed by atoms with Crippen LogP contribution in [-0.4, -0.2) is 4.98 Å². The average Bonchev–Trinajstić information content (AvgIpc) is 2.56. The Hall–Kier alpha value is -2.61. The molecule has 0 saturated carbocycles. The maximum Gasteiger partial charge on any atom is 0.219 e. The number of rotatable bonds is 4. The SMILES string of the molecule is CCc1c(C)cc(Oc2ccc(-c3ccccc3C)c(C)c2)nc1C. The number of aromatic nitrogens is 1. The van der Waals surface area contributed by atoms with Gasteiger partial charge in [-0.15, -0.1) is 0 Å². The fraction of sp³-hybridized carbons (Fsp3) is 0.261. The van der Waals surface area contributed by atoms with E-state index in [-0.39, 0.29) is 0 Å². The van der Waals surface area contributed by atoms with Gasteiger partial charge < -0.3 is 4.74 Å². The van der Waals surface area contributed by atoms with Crippen LogP contribution in [0.1, 0.15) is 34.9 Å². The van der Waals surface area contributed by atoms with E-state index in [2.05, 4.69) is 69.1 Å². The van der Waals surface area contributed by atoms with E-state index in [4.69, 9.17) is 4.74 Å². The highest BCUT2D eigenvalue weighted by molar-refractivity contribution is 5.71. The van der Waals surface area contributed by atoms with Crippen LogP contribution in [0, 0.1) is 27.7 Å². The van der Waals surface area contributed by atoms with Gasteiger partial charge in [0.1, 0.15) is 5.75 Å². The summed E-state index contributed by atoms with van der Waals surface area (Å²) in [6.07, 6.45) is 0.995. The molecule has 0 unspecified atom stereocenters. The van der Waals surface area contributed by atoms with E-state index in [9.17, 15) is 0 Å². The molecular weight excluding hydrogens is 306 g/mol. The van der Waals surface area contributed by atoms with E-state index in [0.717, 1.165) is 17.9 Å². The Kier molecular flexibility index (Phi) is 4.89. The molecular formula is C23H25NO. The minimum atomic E-state index is 0.662. The lowest BCUT2D eigenvalue weighted by Crippen LogP contribution is -1.98. The molecule has 0 spiro atoms. The van der Waals surface area contributed by atoms with Crippen molar-refractivity contribution >= 4 is 0 Å². The van der Waals surface area contributed by atoms with E-state index in [0.29, 0.717) is 5.88 Å². The molecule has 0 aliphatic carbocycles. The third-order valence-corrected chi connectivity index (χ3v) is 4.74. The van der Waals surface area contributed by atoms with Crippen molar-refractivity contribution in [3.05, 3.63) is 76.5 Å². The summed E-state index contributed by atoms with van der Waals surface area (Å²) < 4.78 is 6.03. The zero-order valence-corrected chi connectivity index (χ0v) is 15.7. The summed E-state index contributed by atoms with van der Waals surface area (Å²) in [4.78, 5) is 4.60. The molecule has 2 aromatic carbocycles. The first-order valence-electron chi connectivity index (χ1n) is 8.81. The number of pyridine rings is 1. The molecule has 1 heterocycles. The van der Waals surface area contributed by atoms with Crippen LogP contribution in [0.2, 0.25) is 0 Å². The fourth-order valence-electron chi connectivity index (χ4n) is 3.41. The number of aryl methyl sites for hydroxylation is 4. The molecule has 0 bridgehead atoms. The summed E-state index contributed by atoms with van der Waals surface area (Å²) in [5.41, 5.74) is 8.57. The maximum absolute atomic E-state index is 6.03. The van der Waals surface area contributed by atoms with E-state index in [1.54, 1.807) is 0 Å². The molecule has 128 valence electrons. The van der Waals surface area contributed by atoms with Gasteiger partial charge in [0.15, 0.2) is 0 Å². The highest BCUT2D eigenvalue weighted by atomic mass is 16.5. The van der Waals surface area contributed by atoms with Crippen LogP contribution in [0.5, 0.6) is 11.6 Å². The van der Waals surface area contributed by atoms with Gasteiger partial charge in [-0.25, -0.2) is 4.98 Å². The van der Waals surface area contributed by atoms with E-state index < -0.39 is 0 Å². The zero-order valence-electron chi connectivity index (χ0n) is 15.7. The highest BCUT2D eigenvalue weighted by Gasteiger charge is 2.09. The minimum Gasteiger partial charge on any atom is -0.439 e. The lowest BCUT2D eigenvalue weighted by Gasteiger charge is -2.13. The molecule has 0 aliphatic rings. The number of benzene rings is 2. The van der Waals surface area contributed by atoms with Crippen molar-refractivity contribution in [2.75, 3.05) is 0 Å². The Bertz CT molecular complexity index is 889. The summed E-state index contributed by atoms with van der Waals surface area (Å²) >= 11 is 0. The Balaban J connectivity index is 1.91. The quantitative estimate of drug-likeness (QED) is 0.556. The Labute approximate surface area is 150 Å². The molecule has 0 fully saturated rings. The first kappa shape index (κ1) is 17.2. The smallest absolute Gasteiger partial charge is 0.219 e. The molecule has 0 atom stereocenters. The monoisotopic (exact) mass is 331 g/mol. The van der Waals surface area contributed by atoms with Crippen molar-refractivity contribution in [1.82, 2.24) is 4.98 Å². The Morgan fingerprint density at radius 1 is 0.800 bits per heavy atom. The molecule has 2 nitrogen and oxygen atoms in total. The second-order valence-electron chi connectivity index (χ2n) is 6.59. The van der Waals surface area contributed by atoms with Gasteiger partial charge in [-0.1, -0.05) is 37.3 Å². The standard InChI is InChI=1S/C23H25NO/c1-6-20-17(4)14-23(24-18(20)5)25-19-11-12-22(16(3)13-19)21-10-8-7-9-15(21)2/h7-14H,6H2,1-5H3. The molecule has 0 aliphatic heterocycles. The molecule has 0 N–H and O–H groups in total. The van der Waals surface area contributed by atoms with Crippen molar-refractivity contribution in [2.24, 2.45) is 0 Å².